The number of rotatable bonds is 8. The third-order valence-corrected chi connectivity index (χ3v) is 23.3. The molecule has 0 aliphatic rings. The van der Waals surface area contributed by atoms with Crippen LogP contribution in [0.2, 0.25) is 0 Å². The second kappa shape index (κ2) is 51.8. The molecule has 0 fully saturated rings. The normalized spacial score (nSPS) is 12.0. The SMILES string of the molecule is CC(C)(C)C(=O)C=C(O)C(C)(C)C.CC(C)(C)C(=O)C=C(O)C(C)(C)C.CC(C)(C)C(=O)C=C(O)C(C)(C)C.CC(C)(C)C(=O)C=C(O)C(C)(C)C.Cc1[c-]c(-c2ccc3cc(C)c(C)cc3n2)c(C)cc1C.Cc1c[c-]c(-c2ccc3cc(C)c(C)cc3n2)c(C)c1.Cc1c[c-]c(-c2ccc3cc(C)c(C)cc3n2)cc1C.Cc1cc2ccc(-c3[c-]ccc(C)c3C)nc2cc1C.[Ir].[Ir].[Ir].[Ir]. The van der Waals surface area contributed by atoms with Crippen molar-refractivity contribution in [3.05, 3.63) is 306 Å². The molecule has 137 heavy (non-hydrogen) atoms. The second-order valence-corrected chi connectivity index (χ2v) is 44.1. The van der Waals surface area contributed by atoms with Gasteiger partial charge in [0.25, 0.3) is 0 Å². The van der Waals surface area contributed by atoms with Crippen molar-refractivity contribution in [2.45, 2.75) is 284 Å². The van der Waals surface area contributed by atoms with Crippen LogP contribution in [0.3, 0.4) is 0 Å². The molecule has 0 saturated carbocycles. The minimum atomic E-state index is -0.417. The fourth-order valence-corrected chi connectivity index (χ4v) is 12.3. The molecule has 4 heterocycles. The molecular weight excluding hydrogens is 2410 g/mol. The van der Waals surface area contributed by atoms with Crippen molar-refractivity contribution in [1.82, 2.24) is 19.9 Å². The van der Waals surface area contributed by atoms with Gasteiger partial charge in [-0.25, -0.2) is 0 Å². The van der Waals surface area contributed by atoms with Crippen LogP contribution in [0.15, 0.2) is 187 Å². The van der Waals surface area contributed by atoms with E-state index < -0.39 is 21.7 Å². The minimum Gasteiger partial charge on any atom is -0.512 e. The predicted molar refractivity (Wildman–Crippen MR) is 563 cm³/mol. The Morgan fingerprint density at radius 1 is 0.255 bits per heavy atom. The Morgan fingerprint density at radius 3 is 0.818 bits per heavy atom. The summed E-state index contributed by atoms with van der Waals surface area (Å²) in [5.74, 6) is 0.416. The summed E-state index contributed by atoms with van der Waals surface area (Å²) >= 11 is 0. The molecule has 12 nitrogen and oxygen atoms in total. The first-order valence-electron chi connectivity index (χ1n) is 46.1. The van der Waals surface area contributed by atoms with Gasteiger partial charge >= 0.3 is 0 Å². The van der Waals surface area contributed by atoms with Crippen LogP contribution in [0.25, 0.3) is 88.6 Å². The summed E-state index contributed by atoms with van der Waals surface area (Å²) in [5.41, 5.74) is 31.1. The molecule has 0 amide bonds. The maximum atomic E-state index is 11.5. The molecule has 0 saturated heterocycles. The zero-order chi connectivity index (χ0) is 101. The van der Waals surface area contributed by atoms with Gasteiger partial charge in [-0.2, -0.15) is 0 Å². The molecule has 0 spiro atoms. The van der Waals surface area contributed by atoms with Gasteiger partial charge in [0.05, 0.1) is 22.1 Å². The third kappa shape index (κ3) is 38.4. The molecule has 0 aliphatic heterocycles. The zero-order valence-corrected chi connectivity index (χ0v) is 99.2. The Kier molecular flexibility index (Phi) is 47.6. The third-order valence-electron chi connectivity index (χ3n) is 23.3. The number of aromatic nitrogens is 4. The van der Waals surface area contributed by atoms with E-state index in [0.717, 1.165) is 67.1 Å². The van der Waals surface area contributed by atoms with Gasteiger partial charge < -0.3 is 20.4 Å². The van der Waals surface area contributed by atoms with Gasteiger partial charge in [-0.15, -0.1) is 139 Å². The van der Waals surface area contributed by atoms with E-state index in [4.69, 9.17) is 19.9 Å². The van der Waals surface area contributed by atoms with Gasteiger partial charge in [-0.05, 0) is 193 Å². The maximum absolute atomic E-state index is 11.5. The number of fused-ring (bicyclic) bond motifs is 4. The number of allylic oxidation sites excluding steroid dienone is 8. The van der Waals surface area contributed by atoms with Crippen molar-refractivity contribution < 1.29 is 120 Å². The van der Waals surface area contributed by atoms with Crippen LogP contribution < -0.4 is 0 Å². The molecule has 0 bridgehead atoms. The molecule has 4 N–H and O–H groups in total. The van der Waals surface area contributed by atoms with Crippen molar-refractivity contribution in [2.75, 3.05) is 0 Å². The second-order valence-electron chi connectivity index (χ2n) is 44.1. The Labute approximate surface area is 877 Å². The number of pyridine rings is 4. The number of carbonyl (C=O) groups is 4. The molecule has 0 atom stereocenters. The van der Waals surface area contributed by atoms with Crippen molar-refractivity contribution in [3.8, 4) is 45.0 Å². The zero-order valence-electron chi connectivity index (χ0n) is 89.6. The Bertz CT molecular complexity index is 6160. The smallest absolute Gasteiger partial charge is 0.164 e. The fraction of sp³-hybridized carbons (Fsp3) is 0.405. The van der Waals surface area contributed by atoms with Crippen LogP contribution in [0.5, 0.6) is 0 Å². The first-order chi connectivity index (χ1) is 60.8. The van der Waals surface area contributed by atoms with E-state index in [-0.39, 0.29) is 148 Å². The van der Waals surface area contributed by atoms with Gasteiger partial charge in [0, 0.05) is 148 Å². The van der Waals surface area contributed by atoms with E-state index in [0.29, 0.717) is 0 Å². The van der Waals surface area contributed by atoms with E-state index in [1.165, 1.54) is 140 Å². The fourth-order valence-electron chi connectivity index (χ4n) is 12.3. The molecule has 746 valence electrons. The summed E-state index contributed by atoms with van der Waals surface area (Å²) in [6.07, 6.45) is 5.33. The molecule has 8 aromatic carbocycles. The summed E-state index contributed by atoms with van der Waals surface area (Å²) in [6.45, 7) is 80.6. The summed E-state index contributed by atoms with van der Waals surface area (Å²) < 4.78 is 0. The van der Waals surface area contributed by atoms with Crippen molar-refractivity contribution in [2.24, 2.45) is 43.3 Å². The van der Waals surface area contributed by atoms with E-state index in [2.05, 4.69) is 263 Å². The summed E-state index contributed by atoms with van der Waals surface area (Å²) in [4.78, 5) is 65.2. The van der Waals surface area contributed by atoms with Crippen LogP contribution in [0.1, 0.15) is 261 Å². The molecular formula is C121H154Ir4N4O8-4. The topological polar surface area (TPSA) is 201 Å². The summed E-state index contributed by atoms with van der Waals surface area (Å²) in [7, 11) is 0. The molecule has 0 unspecified atom stereocenters. The Balaban J connectivity index is 0.000000787. The first-order valence-corrected chi connectivity index (χ1v) is 46.1. The number of aliphatic hydroxyl groups excluding tert-OH is 4. The van der Waals surface area contributed by atoms with Crippen molar-refractivity contribution in [1.29, 1.82) is 0 Å². The molecule has 12 rings (SSSR count). The minimum absolute atomic E-state index is 0. The van der Waals surface area contributed by atoms with Crippen LogP contribution in [0, 0.1) is 185 Å². The average Bonchev–Trinajstić information content (AvgIpc) is 0.820. The first kappa shape index (κ1) is 126. The number of aliphatic hydroxyl groups is 4. The number of hydrogen-bond acceptors (Lipinski definition) is 12. The van der Waals surface area contributed by atoms with Gasteiger partial charge in [0.1, 0.15) is 23.0 Å². The average molecular weight is 2560 g/mol. The van der Waals surface area contributed by atoms with Crippen LogP contribution in [0.4, 0.5) is 0 Å². The predicted octanol–water partition coefficient (Wildman–Crippen LogP) is 32.4. The number of benzene rings is 8. The van der Waals surface area contributed by atoms with Crippen LogP contribution in [-0.4, -0.2) is 63.5 Å². The van der Waals surface area contributed by atoms with Crippen molar-refractivity contribution >= 4 is 66.7 Å². The molecule has 4 radical (unpaired) electrons. The monoisotopic (exact) mass is 2560 g/mol. The number of hydrogen-bond donors (Lipinski definition) is 4. The molecule has 12 aromatic rings. The maximum Gasteiger partial charge on any atom is 0.164 e. The quantitative estimate of drug-likeness (QED) is 0.0638. The summed E-state index contributed by atoms with van der Waals surface area (Å²) in [6, 6.07) is 62.6. The Hall–Kier alpha value is -9.16. The molecule has 0 aliphatic carbocycles. The van der Waals surface area contributed by atoms with Crippen LogP contribution in [-0.2, 0) is 99.6 Å². The molecule has 4 aromatic heterocycles. The molecule has 16 heteroatoms. The van der Waals surface area contributed by atoms with E-state index >= 15 is 0 Å². The standard InChI is InChI=1S/C20H20N.3C19H18N.4C11H20O2.4Ir/c1-12-8-16(5)18(10-14(12)3)19-7-6-17-9-13(2)15(4)11-20(17)21-19;1-12-5-7-17(15(4)9-12)18-8-6-16-10-13(2)14(3)11-19(16)20-18;1-12-5-6-16(9-13(12)2)18-8-7-17-10-14(3)15(4)11-19(17)20-18;1-12-6-5-7-17(15(12)4)18-9-8-16-10-13(2)14(3)11-19(16)20-18;4*1-10(2,3)8(12)7-9(13)11(4,5)6;;;;/h6-9,11H,1-5H3;5-6,8-11H,1-4H3;5,7-11H,1-4H3;5-6,8-11H,1-4H3;4*7,12H,1-6H3;;;;/q4*-1;;;;;;;;. The summed E-state index contributed by atoms with van der Waals surface area (Å²) in [5, 5.41) is 43.0. The van der Waals surface area contributed by atoms with E-state index in [9.17, 15) is 39.6 Å². The number of aryl methyl sites for hydroxylation is 16. The van der Waals surface area contributed by atoms with Gasteiger partial charge in [0.15, 0.2) is 23.1 Å². The largest absolute Gasteiger partial charge is 0.512 e. The number of ketones is 4. The van der Waals surface area contributed by atoms with Gasteiger partial charge in [-0.3, -0.25) is 39.1 Å². The van der Waals surface area contributed by atoms with E-state index in [1.54, 1.807) is 0 Å². The van der Waals surface area contributed by atoms with E-state index in [1.807, 2.05) is 184 Å². The van der Waals surface area contributed by atoms with Gasteiger partial charge in [0.2, 0.25) is 0 Å². The number of nitrogens with zero attached hydrogens (tertiary/aromatic N) is 4. The number of carbonyl (C=O) groups excluding carboxylic acids is 4. The van der Waals surface area contributed by atoms with Crippen LogP contribution >= 0.6 is 0 Å². The van der Waals surface area contributed by atoms with Gasteiger partial charge in [-0.1, -0.05) is 277 Å². The Morgan fingerprint density at radius 2 is 0.526 bits per heavy atom. The van der Waals surface area contributed by atoms with Crippen molar-refractivity contribution in [3.63, 3.8) is 0 Å².